The fourth-order valence-electron chi connectivity index (χ4n) is 3.05. The van der Waals surface area contributed by atoms with Crippen LogP contribution in [0.2, 0.25) is 0 Å². The van der Waals surface area contributed by atoms with Gasteiger partial charge in [0.15, 0.2) is 6.61 Å². The molecule has 0 amide bonds. The van der Waals surface area contributed by atoms with Gasteiger partial charge in [0.25, 0.3) is 0 Å². The van der Waals surface area contributed by atoms with E-state index in [9.17, 15) is 4.79 Å². The first-order valence-corrected chi connectivity index (χ1v) is 7.84. The number of hydrogen-bond acceptors (Lipinski definition) is 6. The monoisotopic (exact) mass is 310 g/mol. The molecular weight excluding hydrogens is 284 g/mol. The maximum absolute atomic E-state index is 12.5. The Hall–Kier alpha value is -1.59. The van der Waals surface area contributed by atoms with Gasteiger partial charge in [-0.3, -0.25) is 0 Å². The quantitative estimate of drug-likeness (QED) is 0.339. The minimum atomic E-state index is -0.924. The van der Waals surface area contributed by atoms with Gasteiger partial charge in [0.1, 0.15) is 6.61 Å². The molecule has 6 heteroatoms. The van der Waals surface area contributed by atoms with Crippen LogP contribution < -0.4 is 0 Å². The molecule has 1 aliphatic carbocycles. The fraction of sp³-hybridized carbons (Fsp3) is 0.812. The van der Waals surface area contributed by atoms with Crippen molar-refractivity contribution in [2.45, 2.75) is 59.5 Å². The molecule has 0 aromatic carbocycles. The Labute approximate surface area is 131 Å². The van der Waals surface area contributed by atoms with Gasteiger partial charge in [0, 0.05) is 11.8 Å². The molecule has 1 fully saturated rings. The van der Waals surface area contributed by atoms with Crippen LogP contribution in [0.15, 0.2) is 10.3 Å². The van der Waals surface area contributed by atoms with E-state index in [1.165, 1.54) is 0 Å². The van der Waals surface area contributed by atoms with Crippen LogP contribution >= 0.6 is 0 Å². The molecule has 0 radical (unpaired) electrons. The molecule has 6 nitrogen and oxygen atoms in total. The van der Waals surface area contributed by atoms with E-state index in [2.05, 4.69) is 31.1 Å². The second-order valence-corrected chi connectivity index (χ2v) is 7.16. The first kappa shape index (κ1) is 16.8. The summed E-state index contributed by atoms with van der Waals surface area (Å²) in [5, 5.41) is 8.01. The average molecular weight is 310 g/mol. The van der Waals surface area contributed by atoms with E-state index in [0.29, 0.717) is 6.42 Å². The summed E-state index contributed by atoms with van der Waals surface area (Å²) in [5.74, 6) is -0.310. The molecular formula is C16H26N2O4. The highest BCUT2D eigenvalue weighted by Crippen LogP contribution is 2.48. The number of fused-ring (bicyclic) bond motifs is 1. The molecule has 1 aliphatic heterocycles. The number of carbonyl (C=O) groups excluding carboxylic acids is 1. The lowest BCUT2D eigenvalue weighted by atomic mass is 9.76. The molecule has 0 aromatic heterocycles. The summed E-state index contributed by atoms with van der Waals surface area (Å²) in [4.78, 5) is 23.1. The molecule has 0 N–H and O–H groups in total. The van der Waals surface area contributed by atoms with Crippen molar-refractivity contribution in [1.82, 2.24) is 0 Å². The summed E-state index contributed by atoms with van der Waals surface area (Å²) >= 11 is 0. The summed E-state index contributed by atoms with van der Waals surface area (Å²) in [6.07, 6.45) is 2.53. The molecule has 0 spiro atoms. The molecule has 2 unspecified atom stereocenters. The normalized spacial score (nSPS) is 26.8. The van der Waals surface area contributed by atoms with Crippen LogP contribution in [0.25, 0.3) is 0 Å². The van der Waals surface area contributed by atoms with E-state index >= 15 is 0 Å². The van der Waals surface area contributed by atoms with Crippen LogP contribution in [0.5, 0.6) is 0 Å². The first-order valence-electron chi connectivity index (χ1n) is 7.84. The molecule has 2 rings (SSSR count). The van der Waals surface area contributed by atoms with Gasteiger partial charge in [-0.05, 0) is 26.7 Å². The summed E-state index contributed by atoms with van der Waals surface area (Å²) < 4.78 is 5.34. The van der Waals surface area contributed by atoms with E-state index in [0.717, 1.165) is 24.3 Å². The number of carbonyl (C=O) groups is 1. The smallest absolute Gasteiger partial charge is 0.354 e. The molecule has 1 saturated carbocycles. The van der Waals surface area contributed by atoms with Crippen molar-refractivity contribution in [2.75, 3.05) is 13.2 Å². The van der Waals surface area contributed by atoms with Crippen molar-refractivity contribution in [3.05, 3.63) is 0 Å². The standard InChI is InChI=1S/C16H26N2O4/c1-11(2)17-21-10-9-20-14(19)16-8-6-7-12(16)13(18-22-16)15(3,4)5/h12H,6-10H2,1-5H3. The number of ether oxygens (including phenoxy) is 1. The summed E-state index contributed by atoms with van der Waals surface area (Å²) in [7, 11) is 0. The number of hydrogen-bond donors (Lipinski definition) is 0. The van der Waals surface area contributed by atoms with Gasteiger partial charge >= 0.3 is 5.97 Å². The van der Waals surface area contributed by atoms with Crippen LogP contribution in [-0.4, -0.2) is 36.2 Å². The summed E-state index contributed by atoms with van der Waals surface area (Å²) in [6.45, 7) is 10.4. The Morgan fingerprint density at radius 3 is 2.77 bits per heavy atom. The maximum Gasteiger partial charge on any atom is 0.354 e. The highest BCUT2D eigenvalue weighted by atomic mass is 16.7. The Balaban J connectivity index is 1.94. The van der Waals surface area contributed by atoms with Gasteiger partial charge in [0.05, 0.1) is 17.3 Å². The van der Waals surface area contributed by atoms with Gasteiger partial charge in [0.2, 0.25) is 5.60 Å². The molecule has 1 heterocycles. The van der Waals surface area contributed by atoms with E-state index in [1.807, 2.05) is 13.8 Å². The number of rotatable bonds is 5. The highest BCUT2D eigenvalue weighted by molar-refractivity contribution is 5.99. The van der Waals surface area contributed by atoms with E-state index in [4.69, 9.17) is 14.4 Å². The SMILES string of the molecule is CC(C)=NOCCOC(=O)C12CCCC1C(C(C)(C)C)=NO2. The van der Waals surface area contributed by atoms with Crippen LogP contribution in [0.4, 0.5) is 0 Å². The van der Waals surface area contributed by atoms with Crippen molar-refractivity contribution < 1.29 is 19.2 Å². The lowest BCUT2D eigenvalue weighted by Gasteiger charge is -2.27. The lowest BCUT2D eigenvalue weighted by Crippen LogP contribution is -2.46. The number of esters is 1. The zero-order valence-corrected chi connectivity index (χ0v) is 14.1. The predicted octanol–water partition coefficient (Wildman–Crippen LogP) is 2.91. The third-order valence-corrected chi connectivity index (χ3v) is 4.01. The molecule has 0 aromatic rings. The minimum Gasteiger partial charge on any atom is -0.459 e. The largest absolute Gasteiger partial charge is 0.459 e. The second-order valence-electron chi connectivity index (χ2n) is 7.16. The molecule has 2 atom stereocenters. The van der Waals surface area contributed by atoms with Crippen molar-refractivity contribution in [3.8, 4) is 0 Å². The Morgan fingerprint density at radius 1 is 1.41 bits per heavy atom. The topological polar surface area (TPSA) is 69.5 Å². The summed E-state index contributed by atoms with van der Waals surface area (Å²) in [6, 6.07) is 0. The van der Waals surface area contributed by atoms with Crippen LogP contribution in [-0.2, 0) is 19.2 Å². The van der Waals surface area contributed by atoms with Crippen molar-refractivity contribution in [1.29, 1.82) is 0 Å². The second kappa shape index (κ2) is 6.26. The third kappa shape index (κ3) is 3.25. The van der Waals surface area contributed by atoms with Crippen LogP contribution in [0, 0.1) is 11.3 Å². The van der Waals surface area contributed by atoms with Crippen LogP contribution in [0.3, 0.4) is 0 Å². The molecule has 0 saturated heterocycles. The minimum absolute atomic E-state index is 0.0248. The Morgan fingerprint density at radius 2 is 2.14 bits per heavy atom. The van der Waals surface area contributed by atoms with E-state index < -0.39 is 5.60 Å². The highest BCUT2D eigenvalue weighted by Gasteiger charge is 2.60. The van der Waals surface area contributed by atoms with Crippen molar-refractivity contribution in [3.63, 3.8) is 0 Å². The van der Waals surface area contributed by atoms with Gasteiger partial charge in [-0.1, -0.05) is 31.1 Å². The Kier molecular flexibility index (Phi) is 4.78. The van der Waals surface area contributed by atoms with Gasteiger partial charge in [-0.2, -0.15) is 0 Å². The molecule has 22 heavy (non-hydrogen) atoms. The first-order chi connectivity index (χ1) is 10.3. The predicted molar refractivity (Wildman–Crippen MR) is 83.7 cm³/mol. The van der Waals surface area contributed by atoms with Crippen molar-refractivity contribution in [2.24, 2.45) is 21.6 Å². The zero-order chi connectivity index (χ0) is 16.4. The number of oxime groups is 2. The molecule has 2 aliphatic rings. The van der Waals surface area contributed by atoms with Crippen LogP contribution in [0.1, 0.15) is 53.9 Å². The zero-order valence-electron chi connectivity index (χ0n) is 14.1. The van der Waals surface area contributed by atoms with Gasteiger partial charge < -0.3 is 14.4 Å². The molecule has 0 bridgehead atoms. The Bertz CT molecular complexity index is 489. The average Bonchev–Trinajstić information content (AvgIpc) is 2.94. The lowest BCUT2D eigenvalue weighted by molar-refractivity contribution is -0.173. The molecule has 124 valence electrons. The van der Waals surface area contributed by atoms with E-state index in [-0.39, 0.29) is 30.5 Å². The summed E-state index contributed by atoms with van der Waals surface area (Å²) in [5.41, 5.74) is 0.757. The maximum atomic E-state index is 12.5. The van der Waals surface area contributed by atoms with E-state index in [1.54, 1.807) is 0 Å². The third-order valence-electron chi connectivity index (χ3n) is 4.01. The van der Waals surface area contributed by atoms with Gasteiger partial charge in [-0.15, -0.1) is 0 Å². The van der Waals surface area contributed by atoms with Gasteiger partial charge in [-0.25, -0.2) is 4.79 Å². The number of nitrogens with zero attached hydrogens (tertiary/aromatic N) is 2. The van der Waals surface area contributed by atoms with Crippen molar-refractivity contribution >= 4 is 17.4 Å². The fourth-order valence-corrected chi connectivity index (χ4v) is 3.05.